The van der Waals surface area contributed by atoms with Gasteiger partial charge in [0.25, 0.3) is 0 Å². The Labute approximate surface area is 170 Å². The van der Waals surface area contributed by atoms with Crippen molar-refractivity contribution >= 4 is 26.7 Å². The Balaban J connectivity index is 1.23. The predicted molar refractivity (Wildman–Crippen MR) is 113 cm³/mol. The lowest BCUT2D eigenvalue weighted by atomic mass is 10.1. The standard InChI is InChI=1S/C22H29BrN2O2/c23-19-7-5-18-14-22(8-6-17(18)13-19)27-16-21(26)15-24-9-11-25(12-10-24)20-3-1-2-4-20/h5-8,13-14,20-21,26H,1-4,9-12,15-16H2. The van der Waals surface area contributed by atoms with Gasteiger partial charge in [-0.2, -0.15) is 0 Å². The molecule has 0 bridgehead atoms. The van der Waals surface area contributed by atoms with Crippen LogP contribution >= 0.6 is 15.9 Å². The molecule has 1 N–H and O–H groups in total. The molecule has 1 unspecified atom stereocenters. The summed E-state index contributed by atoms with van der Waals surface area (Å²) in [6, 6.07) is 13.1. The van der Waals surface area contributed by atoms with E-state index in [1.807, 2.05) is 18.2 Å². The van der Waals surface area contributed by atoms with Crippen LogP contribution in [0.5, 0.6) is 5.75 Å². The van der Waals surface area contributed by atoms with E-state index in [0.717, 1.165) is 47.8 Å². The number of ether oxygens (including phenoxy) is 1. The smallest absolute Gasteiger partial charge is 0.120 e. The summed E-state index contributed by atoms with van der Waals surface area (Å²) in [6.45, 7) is 5.41. The summed E-state index contributed by atoms with van der Waals surface area (Å²) >= 11 is 3.50. The Morgan fingerprint density at radius 2 is 1.70 bits per heavy atom. The summed E-state index contributed by atoms with van der Waals surface area (Å²) in [5.41, 5.74) is 0. The summed E-state index contributed by atoms with van der Waals surface area (Å²) < 4.78 is 6.93. The number of β-amino-alcohol motifs (C(OH)–C–C–N with tert-alkyl or cyclic N) is 1. The third-order valence-corrected chi connectivity index (χ3v) is 6.43. The van der Waals surface area contributed by atoms with Crippen LogP contribution in [0.1, 0.15) is 25.7 Å². The zero-order valence-corrected chi connectivity index (χ0v) is 17.4. The van der Waals surface area contributed by atoms with Crippen LogP contribution in [0.3, 0.4) is 0 Å². The fourth-order valence-electron chi connectivity index (χ4n) is 4.41. The minimum atomic E-state index is -0.455. The Morgan fingerprint density at radius 1 is 1.00 bits per heavy atom. The molecule has 4 rings (SSSR count). The van der Waals surface area contributed by atoms with Gasteiger partial charge in [-0.25, -0.2) is 0 Å². The van der Waals surface area contributed by atoms with E-state index in [4.69, 9.17) is 4.74 Å². The summed E-state index contributed by atoms with van der Waals surface area (Å²) in [4.78, 5) is 5.03. The monoisotopic (exact) mass is 432 g/mol. The molecule has 0 radical (unpaired) electrons. The van der Waals surface area contributed by atoms with Crippen LogP contribution in [0, 0.1) is 0 Å². The highest BCUT2D eigenvalue weighted by Crippen LogP contribution is 2.25. The van der Waals surface area contributed by atoms with Gasteiger partial charge in [-0.05, 0) is 47.9 Å². The number of aliphatic hydroxyl groups excluding tert-OH is 1. The molecule has 1 saturated carbocycles. The van der Waals surface area contributed by atoms with Crippen molar-refractivity contribution in [2.45, 2.75) is 37.8 Å². The lowest BCUT2D eigenvalue weighted by Crippen LogP contribution is -2.51. The van der Waals surface area contributed by atoms with Gasteiger partial charge >= 0.3 is 0 Å². The van der Waals surface area contributed by atoms with Crippen LogP contribution in [-0.2, 0) is 0 Å². The van der Waals surface area contributed by atoms with Crippen molar-refractivity contribution in [1.29, 1.82) is 0 Å². The van der Waals surface area contributed by atoms with Crippen LogP contribution in [0.15, 0.2) is 40.9 Å². The van der Waals surface area contributed by atoms with E-state index in [0.29, 0.717) is 13.2 Å². The number of halogens is 1. The fourth-order valence-corrected chi connectivity index (χ4v) is 4.79. The van der Waals surface area contributed by atoms with Gasteiger partial charge in [-0.1, -0.05) is 40.9 Å². The molecular formula is C22H29BrN2O2. The third-order valence-electron chi connectivity index (χ3n) is 5.93. The second kappa shape index (κ2) is 8.91. The van der Waals surface area contributed by atoms with E-state index in [2.05, 4.69) is 43.9 Å². The molecule has 2 aliphatic rings. The number of fused-ring (bicyclic) bond motifs is 1. The first-order valence-electron chi connectivity index (χ1n) is 10.1. The van der Waals surface area contributed by atoms with Gasteiger partial charge in [0.1, 0.15) is 18.5 Å². The highest BCUT2D eigenvalue weighted by Gasteiger charge is 2.26. The molecule has 0 spiro atoms. The Morgan fingerprint density at radius 3 is 2.48 bits per heavy atom. The van der Waals surface area contributed by atoms with E-state index in [9.17, 15) is 5.11 Å². The minimum absolute atomic E-state index is 0.338. The Kier molecular flexibility index (Phi) is 6.33. The van der Waals surface area contributed by atoms with Crippen molar-refractivity contribution < 1.29 is 9.84 Å². The van der Waals surface area contributed by atoms with E-state index in [-0.39, 0.29) is 0 Å². The van der Waals surface area contributed by atoms with E-state index >= 15 is 0 Å². The normalized spacial score (nSPS) is 21.0. The van der Waals surface area contributed by atoms with Crippen molar-refractivity contribution in [2.75, 3.05) is 39.3 Å². The summed E-state index contributed by atoms with van der Waals surface area (Å²) in [6.07, 6.45) is 5.09. The summed E-state index contributed by atoms with van der Waals surface area (Å²) in [7, 11) is 0. The number of hydrogen-bond donors (Lipinski definition) is 1. The topological polar surface area (TPSA) is 35.9 Å². The first-order valence-corrected chi connectivity index (χ1v) is 10.9. The van der Waals surface area contributed by atoms with E-state index in [1.165, 1.54) is 31.1 Å². The SMILES string of the molecule is OC(COc1ccc2cc(Br)ccc2c1)CN1CCN(C2CCCC2)CC1. The van der Waals surface area contributed by atoms with Crippen LogP contribution in [-0.4, -0.2) is 66.4 Å². The Hall–Kier alpha value is -1.14. The molecule has 2 fully saturated rings. The van der Waals surface area contributed by atoms with Crippen LogP contribution in [0.4, 0.5) is 0 Å². The first kappa shape index (κ1) is 19.2. The van der Waals surface area contributed by atoms with E-state index in [1.54, 1.807) is 0 Å². The van der Waals surface area contributed by atoms with Gasteiger partial charge in [0.05, 0.1) is 0 Å². The van der Waals surface area contributed by atoms with Gasteiger partial charge in [0.15, 0.2) is 0 Å². The number of nitrogens with zero attached hydrogens (tertiary/aromatic N) is 2. The third kappa shape index (κ3) is 5.02. The van der Waals surface area contributed by atoms with Crippen molar-refractivity contribution in [3.8, 4) is 5.75 Å². The van der Waals surface area contributed by atoms with Crippen molar-refractivity contribution in [2.24, 2.45) is 0 Å². The van der Waals surface area contributed by atoms with Gasteiger partial charge < -0.3 is 9.84 Å². The zero-order chi connectivity index (χ0) is 18.6. The number of rotatable bonds is 6. The molecule has 4 nitrogen and oxygen atoms in total. The lowest BCUT2D eigenvalue weighted by Gasteiger charge is -2.38. The maximum absolute atomic E-state index is 10.4. The maximum atomic E-state index is 10.4. The summed E-state index contributed by atoms with van der Waals surface area (Å²) in [5, 5.41) is 12.7. The number of hydrogen-bond acceptors (Lipinski definition) is 4. The quantitative estimate of drug-likeness (QED) is 0.750. The molecule has 5 heteroatoms. The largest absolute Gasteiger partial charge is 0.491 e. The van der Waals surface area contributed by atoms with Crippen LogP contribution in [0.2, 0.25) is 0 Å². The molecule has 0 aromatic heterocycles. The first-order chi connectivity index (χ1) is 13.2. The van der Waals surface area contributed by atoms with Crippen LogP contribution in [0.25, 0.3) is 10.8 Å². The highest BCUT2D eigenvalue weighted by atomic mass is 79.9. The van der Waals surface area contributed by atoms with E-state index < -0.39 is 6.10 Å². The van der Waals surface area contributed by atoms with Gasteiger partial charge in [0.2, 0.25) is 0 Å². The lowest BCUT2D eigenvalue weighted by molar-refractivity contribution is 0.0370. The van der Waals surface area contributed by atoms with Crippen LogP contribution < -0.4 is 4.74 Å². The zero-order valence-electron chi connectivity index (χ0n) is 15.8. The average Bonchev–Trinajstić information content (AvgIpc) is 3.22. The van der Waals surface area contributed by atoms with Gasteiger partial charge in [-0.3, -0.25) is 9.80 Å². The number of aliphatic hydroxyl groups is 1. The number of benzene rings is 2. The Bertz CT molecular complexity index is 755. The molecule has 1 aliphatic heterocycles. The molecule has 1 aliphatic carbocycles. The molecule has 1 saturated heterocycles. The molecular weight excluding hydrogens is 404 g/mol. The maximum Gasteiger partial charge on any atom is 0.120 e. The molecule has 2 aromatic carbocycles. The van der Waals surface area contributed by atoms with Gasteiger partial charge in [-0.15, -0.1) is 0 Å². The van der Waals surface area contributed by atoms with Crippen molar-refractivity contribution in [1.82, 2.24) is 9.80 Å². The van der Waals surface area contributed by atoms with Crippen molar-refractivity contribution in [3.63, 3.8) is 0 Å². The molecule has 27 heavy (non-hydrogen) atoms. The molecule has 1 atom stereocenters. The van der Waals surface area contributed by atoms with Crippen molar-refractivity contribution in [3.05, 3.63) is 40.9 Å². The second-order valence-corrected chi connectivity index (χ2v) is 8.81. The molecule has 146 valence electrons. The second-order valence-electron chi connectivity index (χ2n) is 7.89. The molecule has 0 amide bonds. The number of piperazine rings is 1. The molecule has 2 aromatic rings. The predicted octanol–water partition coefficient (Wildman–Crippen LogP) is 3.90. The minimum Gasteiger partial charge on any atom is -0.491 e. The van der Waals surface area contributed by atoms with Gasteiger partial charge in [0, 0.05) is 43.2 Å². The highest BCUT2D eigenvalue weighted by molar-refractivity contribution is 9.10. The average molecular weight is 433 g/mol. The molecule has 1 heterocycles. The fraction of sp³-hybridized carbons (Fsp3) is 0.545. The summed E-state index contributed by atoms with van der Waals surface area (Å²) in [5.74, 6) is 0.815.